The first-order valence-corrected chi connectivity index (χ1v) is 13.2. The highest BCUT2D eigenvalue weighted by Crippen LogP contribution is 2.39. The van der Waals surface area contributed by atoms with Gasteiger partial charge < -0.3 is 4.57 Å². The van der Waals surface area contributed by atoms with E-state index in [4.69, 9.17) is 0 Å². The maximum atomic E-state index is 13.7. The monoisotopic (exact) mass is 478 g/mol. The van der Waals surface area contributed by atoms with E-state index in [0.717, 1.165) is 36.7 Å². The quantitative estimate of drug-likeness (QED) is 0.537. The van der Waals surface area contributed by atoms with Crippen LogP contribution in [0.1, 0.15) is 36.8 Å². The van der Waals surface area contributed by atoms with Crippen LogP contribution < -0.4 is 4.31 Å². The van der Waals surface area contributed by atoms with Gasteiger partial charge in [0.25, 0.3) is 10.0 Å². The first-order valence-electron chi connectivity index (χ1n) is 11.8. The summed E-state index contributed by atoms with van der Waals surface area (Å²) in [4.78, 5) is 31.9. The molecule has 0 spiro atoms. The molecule has 2 aromatic carbocycles. The van der Waals surface area contributed by atoms with Gasteiger partial charge in [0.15, 0.2) is 0 Å². The van der Waals surface area contributed by atoms with E-state index in [1.165, 1.54) is 9.21 Å². The number of anilines is 1. The van der Waals surface area contributed by atoms with Crippen molar-refractivity contribution < 1.29 is 18.0 Å². The molecule has 2 atom stereocenters. The molecule has 6 rings (SSSR count). The number of nitrogens with zero attached hydrogens (tertiary/aromatic N) is 4. The molecule has 3 aromatic rings. The Morgan fingerprint density at radius 3 is 2.41 bits per heavy atom. The molecule has 9 heteroatoms. The number of imide groups is 1. The molecular weight excluding hydrogens is 452 g/mol. The Morgan fingerprint density at radius 2 is 1.68 bits per heavy atom. The lowest BCUT2D eigenvalue weighted by atomic mass is 9.81. The van der Waals surface area contributed by atoms with E-state index < -0.39 is 10.0 Å². The van der Waals surface area contributed by atoms with Crippen molar-refractivity contribution in [2.24, 2.45) is 11.8 Å². The van der Waals surface area contributed by atoms with Crippen molar-refractivity contribution in [1.82, 2.24) is 14.5 Å². The van der Waals surface area contributed by atoms with Gasteiger partial charge >= 0.3 is 0 Å². The molecule has 34 heavy (non-hydrogen) atoms. The van der Waals surface area contributed by atoms with E-state index in [-0.39, 0.29) is 35.1 Å². The Bertz CT molecular complexity index is 1420. The van der Waals surface area contributed by atoms with Gasteiger partial charge in [0.05, 0.1) is 40.9 Å². The van der Waals surface area contributed by atoms with E-state index in [9.17, 15) is 18.0 Å². The summed E-state index contributed by atoms with van der Waals surface area (Å²) in [5, 5.41) is 0. The van der Waals surface area contributed by atoms with Crippen LogP contribution in [0.2, 0.25) is 0 Å². The standard InChI is InChI=1S/C25H26N4O4S/c1-16-10-11-17(15-28-23(30)18-6-2-3-7-19(18)24(28)31)14-22(16)34(32,33)29-13-12-27-21-9-5-4-8-20(21)26-25(27)29/h4-5,8-11,14,18-19H,2-3,6-7,12-13,15H2,1H3/t18-,19+. The molecule has 1 saturated heterocycles. The van der Waals surface area contributed by atoms with E-state index in [1.807, 2.05) is 28.8 Å². The number of aryl methyl sites for hydroxylation is 1. The van der Waals surface area contributed by atoms with Crippen LogP contribution in [0.5, 0.6) is 0 Å². The number of amides is 2. The SMILES string of the molecule is Cc1ccc(CN2C(=O)[C@H]3CCCC[C@H]3C2=O)cc1S(=O)(=O)N1CCn2c1nc1ccccc12. The molecule has 0 N–H and O–H groups in total. The third-order valence-corrected chi connectivity index (χ3v) is 9.40. The second-order valence-corrected chi connectivity index (χ2v) is 11.3. The Balaban J connectivity index is 1.33. The molecule has 0 unspecified atom stereocenters. The third kappa shape index (κ3) is 3.10. The maximum Gasteiger partial charge on any atom is 0.266 e. The van der Waals surface area contributed by atoms with Gasteiger partial charge in [-0.25, -0.2) is 17.7 Å². The number of hydrogen-bond acceptors (Lipinski definition) is 5. The average Bonchev–Trinajstić information content (AvgIpc) is 3.48. The van der Waals surface area contributed by atoms with Gasteiger partial charge in [0.2, 0.25) is 17.8 Å². The summed E-state index contributed by atoms with van der Waals surface area (Å²) in [7, 11) is -3.87. The summed E-state index contributed by atoms with van der Waals surface area (Å²) in [6.07, 6.45) is 3.47. The molecule has 176 valence electrons. The van der Waals surface area contributed by atoms with Crippen LogP contribution in [0.25, 0.3) is 11.0 Å². The Kier molecular flexibility index (Phi) is 4.81. The highest BCUT2D eigenvalue weighted by Gasteiger charge is 2.48. The number of carbonyl (C=O) groups is 2. The van der Waals surface area contributed by atoms with Gasteiger partial charge in [-0.1, -0.05) is 37.1 Å². The zero-order chi connectivity index (χ0) is 23.6. The summed E-state index contributed by atoms with van der Waals surface area (Å²) >= 11 is 0. The number of para-hydroxylation sites is 2. The Hall–Kier alpha value is -3.20. The maximum absolute atomic E-state index is 13.7. The number of carbonyl (C=O) groups excluding carboxylic acids is 2. The van der Waals surface area contributed by atoms with Crippen LogP contribution in [0.4, 0.5) is 5.95 Å². The number of fused-ring (bicyclic) bond motifs is 4. The van der Waals surface area contributed by atoms with Crippen LogP contribution in [0.15, 0.2) is 47.4 Å². The lowest BCUT2D eigenvalue weighted by Crippen LogP contribution is -2.32. The minimum atomic E-state index is -3.87. The molecule has 1 saturated carbocycles. The van der Waals surface area contributed by atoms with Crippen molar-refractivity contribution in [3.63, 3.8) is 0 Å². The van der Waals surface area contributed by atoms with Crippen molar-refractivity contribution in [3.8, 4) is 0 Å². The molecule has 0 radical (unpaired) electrons. The van der Waals surface area contributed by atoms with Crippen molar-refractivity contribution in [2.75, 3.05) is 10.8 Å². The second-order valence-electron chi connectivity index (χ2n) is 9.49. The molecule has 1 aliphatic carbocycles. The number of aromatic nitrogens is 2. The van der Waals surface area contributed by atoms with Gasteiger partial charge in [-0.2, -0.15) is 0 Å². The highest BCUT2D eigenvalue weighted by molar-refractivity contribution is 7.92. The summed E-state index contributed by atoms with van der Waals surface area (Å²) in [5.74, 6) is -0.249. The lowest BCUT2D eigenvalue weighted by molar-refractivity contribution is -0.140. The van der Waals surface area contributed by atoms with E-state index in [2.05, 4.69) is 4.98 Å². The number of hydrogen-bond donors (Lipinski definition) is 0. The summed E-state index contributed by atoms with van der Waals surface area (Å²) in [6.45, 7) is 2.71. The summed E-state index contributed by atoms with van der Waals surface area (Å²) < 4.78 is 30.8. The van der Waals surface area contributed by atoms with Crippen molar-refractivity contribution >= 4 is 38.8 Å². The molecule has 3 heterocycles. The highest BCUT2D eigenvalue weighted by atomic mass is 32.2. The van der Waals surface area contributed by atoms with Crippen LogP contribution in [0, 0.1) is 18.8 Å². The number of imidazole rings is 1. The number of sulfonamides is 1. The lowest BCUT2D eigenvalue weighted by Gasteiger charge is -2.20. The van der Waals surface area contributed by atoms with Crippen molar-refractivity contribution in [2.45, 2.75) is 50.6 Å². The molecule has 3 aliphatic rings. The number of likely N-dealkylation sites (tertiary alicyclic amines) is 1. The van der Waals surface area contributed by atoms with Gasteiger partial charge in [-0.05, 0) is 49.1 Å². The predicted octanol–water partition coefficient (Wildman–Crippen LogP) is 3.23. The second kappa shape index (κ2) is 7.66. The van der Waals surface area contributed by atoms with Gasteiger partial charge in [0.1, 0.15) is 0 Å². The fourth-order valence-corrected chi connectivity index (χ4v) is 7.39. The van der Waals surface area contributed by atoms with Gasteiger partial charge in [-0.15, -0.1) is 0 Å². The predicted molar refractivity (Wildman–Crippen MR) is 126 cm³/mol. The smallest absolute Gasteiger partial charge is 0.266 e. The Morgan fingerprint density at radius 1 is 0.971 bits per heavy atom. The van der Waals surface area contributed by atoms with Crippen molar-refractivity contribution in [3.05, 3.63) is 53.6 Å². The normalized spacial score (nSPS) is 22.5. The minimum absolute atomic E-state index is 0.103. The van der Waals surface area contributed by atoms with Crippen molar-refractivity contribution in [1.29, 1.82) is 0 Å². The Labute approximate surface area is 198 Å². The number of benzene rings is 2. The minimum Gasteiger partial charge on any atom is -0.307 e. The number of rotatable bonds is 4. The zero-order valence-corrected chi connectivity index (χ0v) is 19.8. The van der Waals surface area contributed by atoms with Gasteiger partial charge in [0, 0.05) is 6.54 Å². The molecule has 2 fully saturated rings. The summed E-state index contributed by atoms with van der Waals surface area (Å²) in [6, 6.07) is 12.8. The molecule has 0 bridgehead atoms. The third-order valence-electron chi connectivity index (χ3n) is 7.48. The van der Waals surface area contributed by atoms with Gasteiger partial charge in [-0.3, -0.25) is 14.5 Å². The molecule has 1 aromatic heterocycles. The van der Waals surface area contributed by atoms with Crippen LogP contribution in [0.3, 0.4) is 0 Å². The topological polar surface area (TPSA) is 92.6 Å². The molecule has 2 aliphatic heterocycles. The molecule has 8 nitrogen and oxygen atoms in total. The first-order chi connectivity index (χ1) is 16.4. The van der Waals surface area contributed by atoms with Crippen LogP contribution in [-0.2, 0) is 32.7 Å². The largest absolute Gasteiger partial charge is 0.307 e. The molecular formula is C25H26N4O4S. The average molecular weight is 479 g/mol. The first kappa shape index (κ1) is 21.3. The fraction of sp³-hybridized carbons (Fsp3) is 0.400. The van der Waals surface area contributed by atoms with Crippen LogP contribution in [-0.4, -0.2) is 41.2 Å². The molecule has 2 amide bonds. The fourth-order valence-electron chi connectivity index (χ4n) is 5.70. The van der Waals surface area contributed by atoms with E-state index in [0.29, 0.717) is 30.2 Å². The summed E-state index contributed by atoms with van der Waals surface area (Å²) in [5.41, 5.74) is 2.92. The zero-order valence-electron chi connectivity index (χ0n) is 19.0. The van der Waals surface area contributed by atoms with E-state index in [1.54, 1.807) is 25.1 Å². The van der Waals surface area contributed by atoms with Crippen LogP contribution >= 0.6 is 0 Å². The van der Waals surface area contributed by atoms with E-state index >= 15 is 0 Å².